The molecule has 0 aromatic rings. The van der Waals surface area contributed by atoms with Crippen LogP contribution < -0.4 is 0 Å². The van der Waals surface area contributed by atoms with Gasteiger partial charge in [-0.05, 0) is 0 Å². The van der Waals surface area contributed by atoms with Gasteiger partial charge in [0, 0.05) is 24.3 Å². The van der Waals surface area contributed by atoms with Crippen LogP contribution in [0.4, 0.5) is 0 Å². The molecule has 5 atom stereocenters. The Labute approximate surface area is 179 Å². The van der Waals surface area contributed by atoms with Crippen LogP contribution in [0.15, 0.2) is 50.6 Å². The van der Waals surface area contributed by atoms with E-state index in [0.717, 1.165) is 0 Å². The summed E-state index contributed by atoms with van der Waals surface area (Å²) in [5.41, 5.74) is 0. The third kappa shape index (κ3) is 4.18. The lowest BCUT2D eigenvalue weighted by atomic mass is 9.85. The molecule has 0 aliphatic carbocycles. The van der Waals surface area contributed by atoms with Gasteiger partial charge < -0.3 is 44.5 Å². The number of carbonyl (C=O) groups excluding carboxylic acids is 4. The van der Waals surface area contributed by atoms with Crippen LogP contribution in [0.5, 0.6) is 0 Å². The zero-order chi connectivity index (χ0) is 25.0. The first-order chi connectivity index (χ1) is 14.7. The van der Waals surface area contributed by atoms with Crippen LogP contribution in [0.25, 0.3) is 0 Å². The predicted molar refractivity (Wildman–Crippen MR) is 96.9 cm³/mol. The number of hydrogen-bond donors (Lipinski definition) is 5. The number of aliphatic hydroxyl groups is 5. The van der Waals surface area contributed by atoms with Gasteiger partial charge in [0.1, 0.15) is 0 Å². The minimum absolute atomic E-state index is 0.358. The third-order valence-electron chi connectivity index (χ3n) is 3.94. The van der Waals surface area contributed by atoms with E-state index < -0.39 is 59.9 Å². The molecule has 1 aliphatic rings. The normalized spacial score (nSPS) is 33.7. The lowest BCUT2D eigenvalue weighted by Crippen LogP contribution is -2.87. The molecule has 0 amide bonds. The second kappa shape index (κ2) is 9.39. The van der Waals surface area contributed by atoms with Crippen molar-refractivity contribution in [2.45, 2.75) is 29.4 Å². The van der Waals surface area contributed by atoms with Crippen LogP contribution in [-0.2, 0) is 42.9 Å². The van der Waals surface area contributed by atoms with Crippen molar-refractivity contribution in [2.75, 3.05) is 6.61 Å². The number of ether oxygens (including phenoxy) is 5. The van der Waals surface area contributed by atoms with Crippen LogP contribution >= 0.6 is 0 Å². The second-order valence-electron chi connectivity index (χ2n) is 5.86. The molecule has 1 rings (SSSR count). The molecule has 0 bridgehead atoms. The number of hydrogen-bond acceptors (Lipinski definition) is 14. The predicted octanol–water partition coefficient (Wildman–Crippen LogP) is -2.99. The van der Waals surface area contributed by atoms with Crippen molar-refractivity contribution in [3.63, 3.8) is 0 Å². The second-order valence-corrected chi connectivity index (χ2v) is 5.86. The van der Waals surface area contributed by atoms with E-state index >= 15 is 0 Å². The van der Waals surface area contributed by atoms with Gasteiger partial charge in [0.25, 0.3) is 0 Å². The highest BCUT2D eigenvalue weighted by atomic mass is 16.9. The van der Waals surface area contributed by atoms with Gasteiger partial charge in [0.2, 0.25) is 0 Å². The zero-order valence-corrected chi connectivity index (χ0v) is 16.3. The van der Waals surface area contributed by atoms with E-state index in [0.29, 0.717) is 24.3 Å². The van der Waals surface area contributed by atoms with Crippen molar-refractivity contribution in [2.24, 2.45) is 0 Å². The Hall–Kier alpha value is -3.40. The first kappa shape index (κ1) is 26.6. The fourth-order valence-electron chi connectivity index (χ4n) is 2.44. The molecule has 0 spiro atoms. The molecule has 5 N–H and O–H groups in total. The van der Waals surface area contributed by atoms with Gasteiger partial charge >= 0.3 is 47.2 Å². The van der Waals surface area contributed by atoms with Gasteiger partial charge in [-0.25, -0.2) is 19.2 Å². The number of rotatable bonds is 9. The van der Waals surface area contributed by atoms with Crippen LogP contribution in [0.2, 0.25) is 0 Å². The highest BCUT2D eigenvalue weighted by Gasteiger charge is 2.87. The average molecular weight is 460 g/mol. The fourth-order valence-corrected chi connectivity index (χ4v) is 2.44. The monoisotopic (exact) mass is 460 g/mol. The summed E-state index contributed by atoms with van der Waals surface area (Å²) in [6.45, 7) is 10.6. The van der Waals surface area contributed by atoms with Gasteiger partial charge in [-0.1, -0.05) is 26.3 Å². The summed E-state index contributed by atoms with van der Waals surface area (Å²) in [6.07, 6.45) is -0.981. The van der Waals surface area contributed by atoms with Crippen LogP contribution in [0, 0.1) is 0 Å². The van der Waals surface area contributed by atoms with Gasteiger partial charge in [0.15, 0.2) is 6.10 Å². The summed E-state index contributed by atoms with van der Waals surface area (Å²) in [5.74, 6) is -23.0. The molecule has 32 heavy (non-hydrogen) atoms. The first-order valence-corrected chi connectivity index (χ1v) is 8.33. The quantitative estimate of drug-likeness (QED) is 0.100. The highest BCUT2D eigenvalue weighted by molar-refractivity contribution is 5.84. The topological polar surface area (TPSA) is 216 Å². The minimum Gasteiger partial charge on any atom is -0.419 e. The Kier molecular flexibility index (Phi) is 7.82. The SMILES string of the molecule is C=CC(=O)OC1(O)O[C@H](CO)[C@](O)(OC(=O)C=C)[C@](O)(OC(=O)C=C)[C@@]1(O)OC(=O)C=C. The highest BCUT2D eigenvalue weighted by Crippen LogP contribution is 2.51. The average Bonchev–Trinajstić information content (AvgIpc) is 2.75. The molecular weight excluding hydrogens is 440 g/mol. The Morgan fingerprint density at radius 3 is 1.50 bits per heavy atom. The molecule has 1 fully saturated rings. The van der Waals surface area contributed by atoms with E-state index in [1.54, 1.807) is 0 Å². The van der Waals surface area contributed by atoms with E-state index in [1.807, 2.05) is 0 Å². The molecule has 1 aliphatic heterocycles. The number of carbonyl (C=O) groups is 4. The molecular formula is C18H20O14. The summed E-state index contributed by atoms with van der Waals surface area (Å²) in [5, 5.41) is 53.5. The van der Waals surface area contributed by atoms with Gasteiger partial charge in [0.05, 0.1) is 6.61 Å². The summed E-state index contributed by atoms with van der Waals surface area (Å²) < 4.78 is 22.6. The molecule has 14 heteroatoms. The van der Waals surface area contributed by atoms with Crippen LogP contribution in [0.1, 0.15) is 0 Å². The van der Waals surface area contributed by atoms with Crippen LogP contribution in [-0.4, -0.2) is 85.5 Å². The molecule has 0 saturated carbocycles. The minimum atomic E-state index is -4.31. The molecule has 0 radical (unpaired) electrons. The Balaban J connectivity index is 4.01. The van der Waals surface area contributed by atoms with E-state index in [-0.39, 0.29) is 0 Å². The Bertz CT molecular complexity index is 851. The van der Waals surface area contributed by atoms with Crippen molar-refractivity contribution in [3.05, 3.63) is 50.6 Å². The Morgan fingerprint density at radius 1 is 0.719 bits per heavy atom. The molecule has 176 valence electrons. The fraction of sp³-hybridized carbons (Fsp3) is 0.333. The zero-order valence-electron chi connectivity index (χ0n) is 16.3. The van der Waals surface area contributed by atoms with E-state index in [1.165, 1.54) is 0 Å². The van der Waals surface area contributed by atoms with Crippen molar-refractivity contribution in [1.82, 2.24) is 0 Å². The Morgan fingerprint density at radius 2 is 1.09 bits per heavy atom. The maximum Gasteiger partial charge on any atom is 0.405 e. The summed E-state index contributed by atoms with van der Waals surface area (Å²) in [4.78, 5) is 47.3. The number of esters is 4. The van der Waals surface area contributed by atoms with E-state index in [2.05, 4.69) is 45.3 Å². The first-order valence-electron chi connectivity index (χ1n) is 8.33. The lowest BCUT2D eigenvalue weighted by molar-refractivity contribution is -0.592. The van der Waals surface area contributed by atoms with Crippen molar-refractivity contribution in [1.29, 1.82) is 0 Å². The third-order valence-corrected chi connectivity index (χ3v) is 3.94. The standard InChI is InChI=1S/C18H20O14/c1-5-11(20)29-15(24)10(9-19)28-18(27,32-14(23)8-4)17(26,31-13(22)7-3)16(15,25)30-12(21)6-2/h5-8,10,19,24-27H,1-4,9H2/t10-,15+,16+,17-,18?/m1/s1. The molecule has 1 unspecified atom stereocenters. The van der Waals surface area contributed by atoms with Crippen molar-refractivity contribution < 1.29 is 68.4 Å². The van der Waals surface area contributed by atoms with Crippen LogP contribution in [0.3, 0.4) is 0 Å². The summed E-state index contributed by atoms with van der Waals surface area (Å²) in [6, 6.07) is 0. The molecule has 1 saturated heterocycles. The van der Waals surface area contributed by atoms with E-state index in [4.69, 9.17) is 4.74 Å². The van der Waals surface area contributed by atoms with Crippen molar-refractivity contribution in [3.8, 4) is 0 Å². The maximum absolute atomic E-state index is 11.9. The molecule has 1 heterocycles. The summed E-state index contributed by atoms with van der Waals surface area (Å²) >= 11 is 0. The van der Waals surface area contributed by atoms with Gasteiger partial charge in [-0.15, -0.1) is 0 Å². The lowest BCUT2D eigenvalue weighted by Gasteiger charge is -2.57. The largest absolute Gasteiger partial charge is 0.419 e. The van der Waals surface area contributed by atoms with Crippen molar-refractivity contribution >= 4 is 23.9 Å². The molecule has 0 aromatic heterocycles. The smallest absolute Gasteiger partial charge is 0.405 e. The molecule has 0 aromatic carbocycles. The number of aliphatic hydroxyl groups excluding tert-OH is 1. The van der Waals surface area contributed by atoms with Gasteiger partial charge in [-0.2, -0.15) is 0 Å². The maximum atomic E-state index is 11.9. The van der Waals surface area contributed by atoms with E-state index in [9.17, 15) is 44.7 Å². The molecule has 14 nitrogen and oxygen atoms in total. The van der Waals surface area contributed by atoms with Gasteiger partial charge in [-0.3, -0.25) is 4.74 Å². The summed E-state index contributed by atoms with van der Waals surface area (Å²) in [7, 11) is 0.